The highest BCUT2D eigenvalue weighted by Crippen LogP contribution is 2.27. The van der Waals surface area contributed by atoms with Gasteiger partial charge in [0.1, 0.15) is 12.1 Å². The number of nitrogens with zero attached hydrogens (tertiary/aromatic N) is 4. The van der Waals surface area contributed by atoms with Crippen LogP contribution in [0.15, 0.2) is 55.0 Å². The van der Waals surface area contributed by atoms with Crippen molar-refractivity contribution in [1.82, 2.24) is 25.3 Å². The van der Waals surface area contributed by atoms with Crippen LogP contribution in [0.1, 0.15) is 34.5 Å². The molecule has 3 aromatic heterocycles. The van der Waals surface area contributed by atoms with Crippen molar-refractivity contribution < 1.29 is 9.53 Å². The molecule has 0 saturated carbocycles. The van der Waals surface area contributed by atoms with Crippen molar-refractivity contribution in [3.63, 3.8) is 0 Å². The fourth-order valence-electron chi connectivity index (χ4n) is 3.80. The number of hydrogen-bond donors (Lipinski definition) is 2. The molecule has 0 aliphatic heterocycles. The molecular weight excluding hydrogens is 416 g/mol. The van der Waals surface area contributed by atoms with E-state index in [0.717, 1.165) is 39.2 Å². The third kappa shape index (κ3) is 4.74. The van der Waals surface area contributed by atoms with E-state index in [9.17, 15) is 4.79 Å². The minimum atomic E-state index is -0.123. The SMILES string of the molecule is CNC(=O)c1ccnc2c([C@H](C)CNc3cc(-c4cc(C)nc(OC)c4)ncn3)cccc12. The molecule has 0 bridgehead atoms. The predicted molar refractivity (Wildman–Crippen MR) is 129 cm³/mol. The number of carbonyl (C=O) groups excluding carboxylic acids is 1. The Hall–Kier alpha value is -4.07. The van der Waals surface area contributed by atoms with Crippen LogP contribution in [0, 0.1) is 6.92 Å². The van der Waals surface area contributed by atoms with Gasteiger partial charge in [-0.25, -0.2) is 15.0 Å². The number of aryl methyl sites for hydroxylation is 1. The standard InChI is InChI=1S/C25H26N6O2/c1-15(18-6-5-7-19-20(25(32)26-3)8-9-27-24(18)19)13-28-22-12-21(29-14-30-22)17-10-16(2)31-23(11-17)33-4/h5-12,14-15H,13H2,1-4H3,(H,26,32)(H,28,29,30)/t15-/m1/s1. The Labute approximate surface area is 192 Å². The van der Waals surface area contributed by atoms with Gasteiger partial charge in [0.15, 0.2) is 0 Å². The summed E-state index contributed by atoms with van der Waals surface area (Å²) >= 11 is 0. The Morgan fingerprint density at radius 1 is 1.12 bits per heavy atom. The van der Waals surface area contributed by atoms with E-state index in [1.165, 1.54) is 0 Å². The third-order valence-corrected chi connectivity index (χ3v) is 5.50. The maximum atomic E-state index is 12.3. The van der Waals surface area contributed by atoms with Crippen molar-refractivity contribution in [1.29, 1.82) is 0 Å². The number of fused-ring (bicyclic) bond motifs is 1. The second-order valence-corrected chi connectivity index (χ2v) is 7.79. The van der Waals surface area contributed by atoms with Gasteiger partial charge in [0.25, 0.3) is 5.91 Å². The van der Waals surface area contributed by atoms with E-state index in [0.29, 0.717) is 18.0 Å². The molecule has 33 heavy (non-hydrogen) atoms. The number of anilines is 1. The summed E-state index contributed by atoms with van der Waals surface area (Å²) in [6.45, 7) is 4.68. The third-order valence-electron chi connectivity index (χ3n) is 5.50. The van der Waals surface area contributed by atoms with Crippen molar-refractivity contribution in [2.24, 2.45) is 0 Å². The topological polar surface area (TPSA) is 102 Å². The minimum absolute atomic E-state index is 0.123. The van der Waals surface area contributed by atoms with Crippen molar-refractivity contribution in [3.8, 4) is 17.1 Å². The summed E-state index contributed by atoms with van der Waals surface area (Å²) in [6.07, 6.45) is 3.22. The van der Waals surface area contributed by atoms with Crippen molar-refractivity contribution >= 4 is 22.6 Å². The Balaban J connectivity index is 1.56. The van der Waals surface area contributed by atoms with Gasteiger partial charge in [0.2, 0.25) is 5.88 Å². The van der Waals surface area contributed by atoms with Gasteiger partial charge in [-0.1, -0.05) is 25.1 Å². The van der Waals surface area contributed by atoms with E-state index in [4.69, 9.17) is 4.74 Å². The molecule has 0 fully saturated rings. The molecule has 1 aromatic carbocycles. The number of amides is 1. The largest absolute Gasteiger partial charge is 0.481 e. The van der Waals surface area contributed by atoms with Crippen molar-refractivity contribution in [2.75, 3.05) is 26.0 Å². The average molecular weight is 443 g/mol. The monoisotopic (exact) mass is 442 g/mol. The first kappa shape index (κ1) is 22.1. The fraction of sp³-hybridized carbons (Fsp3) is 0.240. The number of ether oxygens (including phenoxy) is 1. The van der Waals surface area contributed by atoms with Gasteiger partial charge in [-0.15, -0.1) is 0 Å². The highest BCUT2D eigenvalue weighted by Gasteiger charge is 2.15. The van der Waals surface area contributed by atoms with Gasteiger partial charge in [0, 0.05) is 54.5 Å². The van der Waals surface area contributed by atoms with Gasteiger partial charge in [-0.2, -0.15) is 0 Å². The first-order valence-electron chi connectivity index (χ1n) is 10.7. The smallest absolute Gasteiger partial charge is 0.251 e. The lowest BCUT2D eigenvalue weighted by atomic mass is 9.96. The molecule has 1 atom stereocenters. The van der Waals surface area contributed by atoms with Crippen LogP contribution < -0.4 is 15.4 Å². The zero-order valence-electron chi connectivity index (χ0n) is 19.1. The van der Waals surface area contributed by atoms with Crippen LogP contribution in [0.4, 0.5) is 5.82 Å². The molecule has 168 valence electrons. The molecule has 0 saturated heterocycles. The quantitative estimate of drug-likeness (QED) is 0.446. The first-order valence-corrected chi connectivity index (χ1v) is 10.7. The second kappa shape index (κ2) is 9.60. The molecule has 3 heterocycles. The van der Waals surface area contributed by atoms with Crippen LogP contribution in [0.25, 0.3) is 22.2 Å². The maximum Gasteiger partial charge on any atom is 0.251 e. The summed E-state index contributed by atoms with van der Waals surface area (Å²) in [5, 5.41) is 6.94. The maximum absolute atomic E-state index is 12.3. The van der Waals surface area contributed by atoms with Crippen LogP contribution >= 0.6 is 0 Å². The molecule has 0 aliphatic rings. The number of carbonyl (C=O) groups is 1. The van der Waals surface area contributed by atoms with Crippen LogP contribution in [0.2, 0.25) is 0 Å². The highest BCUT2D eigenvalue weighted by atomic mass is 16.5. The van der Waals surface area contributed by atoms with Crippen LogP contribution in [0.3, 0.4) is 0 Å². The molecule has 0 unspecified atom stereocenters. The van der Waals surface area contributed by atoms with Gasteiger partial charge >= 0.3 is 0 Å². The summed E-state index contributed by atoms with van der Waals surface area (Å²) in [5.41, 5.74) is 5.06. The number of rotatable bonds is 7. The molecule has 0 spiro atoms. The molecule has 0 aliphatic carbocycles. The molecule has 2 N–H and O–H groups in total. The predicted octanol–water partition coefficient (Wildman–Crippen LogP) is 3.98. The summed E-state index contributed by atoms with van der Waals surface area (Å²) in [5.74, 6) is 1.27. The summed E-state index contributed by atoms with van der Waals surface area (Å²) in [7, 11) is 3.23. The van der Waals surface area contributed by atoms with E-state index in [-0.39, 0.29) is 11.8 Å². The number of hydrogen-bond acceptors (Lipinski definition) is 7. The second-order valence-electron chi connectivity index (χ2n) is 7.79. The van der Waals surface area contributed by atoms with Gasteiger partial charge in [-0.05, 0) is 24.6 Å². The van der Waals surface area contributed by atoms with Gasteiger partial charge in [0.05, 0.1) is 23.9 Å². The Morgan fingerprint density at radius 3 is 2.76 bits per heavy atom. The van der Waals surface area contributed by atoms with E-state index >= 15 is 0 Å². The van der Waals surface area contributed by atoms with Crippen molar-refractivity contribution in [3.05, 3.63) is 71.8 Å². The molecule has 0 radical (unpaired) electrons. The molecule has 4 aromatic rings. The Bertz CT molecular complexity index is 1310. The van der Waals surface area contributed by atoms with Crippen LogP contribution in [-0.2, 0) is 0 Å². The minimum Gasteiger partial charge on any atom is -0.481 e. The van der Waals surface area contributed by atoms with E-state index in [2.05, 4.69) is 37.5 Å². The summed E-state index contributed by atoms with van der Waals surface area (Å²) in [6, 6.07) is 13.4. The molecule has 8 heteroatoms. The summed E-state index contributed by atoms with van der Waals surface area (Å²) < 4.78 is 5.28. The summed E-state index contributed by atoms with van der Waals surface area (Å²) in [4.78, 5) is 29.9. The number of benzene rings is 1. The van der Waals surface area contributed by atoms with Crippen LogP contribution in [-0.4, -0.2) is 46.5 Å². The molecule has 4 rings (SSSR count). The van der Waals surface area contributed by atoms with Crippen molar-refractivity contribution in [2.45, 2.75) is 19.8 Å². The average Bonchev–Trinajstić information content (AvgIpc) is 2.85. The normalized spacial score (nSPS) is 11.8. The number of methoxy groups -OCH3 is 1. The first-order chi connectivity index (χ1) is 16.0. The molecular formula is C25H26N6O2. The Morgan fingerprint density at radius 2 is 1.97 bits per heavy atom. The lowest BCUT2D eigenvalue weighted by Crippen LogP contribution is -2.18. The van der Waals surface area contributed by atoms with E-state index < -0.39 is 0 Å². The number of nitrogens with one attached hydrogen (secondary N) is 2. The highest BCUT2D eigenvalue weighted by molar-refractivity contribution is 6.06. The van der Waals surface area contributed by atoms with Gasteiger partial charge < -0.3 is 15.4 Å². The zero-order valence-corrected chi connectivity index (χ0v) is 19.1. The number of pyridine rings is 2. The lowest BCUT2D eigenvalue weighted by molar-refractivity contribution is 0.0964. The Kier molecular flexibility index (Phi) is 6.44. The zero-order chi connectivity index (χ0) is 23.4. The van der Waals surface area contributed by atoms with Crippen LogP contribution in [0.5, 0.6) is 5.88 Å². The van der Waals surface area contributed by atoms with E-state index in [1.54, 1.807) is 32.7 Å². The van der Waals surface area contributed by atoms with E-state index in [1.807, 2.05) is 43.3 Å². The van der Waals surface area contributed by atoms with Gasteiger partial charge in [-0.3, -0.25) is 9.78 Å². The number of aromatic nitrogens is 4. The molecule has 8 nitrogen and oxygen atoms in total. The number of para-hydroxylation sites is 1. The fourth-order valence-corrected chi connectivity index (χ4v) is 3.80. The molecule has 1 amide bonds. The lowest BCUT2D eigenvalue weighted by Gasteiger charge is -2.16.